The number of likely N-dealkylation sites (tertiary alicyclic amines) is 1. The molecule has 3 N–H and O–H groups in total. The largest absolute Gasteiger partial charge is 0.497 e. The molecular weight excluding hydrogens is 366 g/mol. The molecule has 29 heavy (non-hydrogen) atoms. The molecule has 0 saturated carbocycles. The first-order valence-corrected chi connectivity index (χ1v) is 10.5. The molecule has 1 unspecified atom stereocenters. The van der Waals surface area contributed by atoms with Crippen molar-refractivity contribution in [3.8, 4) is 5.75 Å². The van der Waals surface area contributed by atoms with Gasteiger partial charge in [-0.25, -0.2) is 0 Å². The Morgan fingerprint density at radius 2 is 1.86 bits per heavy atom. The van der Waals surface area contributed by atoms with Gasteiger partial charge in [0.15, 0.2) is 5.96 Å². The van der Waals surface area contributed by atoms with Crippen LogP contribution in [0.15, 0.2) is 29.3 Å². The summed E-state index contributed by atoms with van der Waals surface area (Å²) in [5.74, 6) is 1.67. The third-order valence-corrected chi connectivity index (χ3v) is 5.13. The van der Waals surface area contributed by atoms with E-state index in [9.17, 15) is 4.79 Å². The fourth-order valence-electron chi connectivity index (χ4n) is 3.40. The number of guanidine groups is 1. The Balaban J connectivity index is 1.90. The van der Waals surface area contributed by atoms with Gasteiger partial charge in [0, 0.05) is 32.1 Å². The normalized spacial score (nSPS) is 16.4. The molecule has 1 aromatic rings. The van der Waals surface area contributed by atoms with E-state index in [0.29, 0.717) is 13.1 Å². The van der Waals surface area contributed by atoms with E-state index >= 15 is 0 Å². The van der Waals surface area contributed by atoms with Crippen LogP contribution < -0.4 is 20.7 Å². The van der Waals surface area contributed by atoms with Gasteiger partial charge in [0.05, 0.1) is 13.2 Å². The van der Waals surface area contributed by atoms with Gasteiger partial charge in [0.1, 0.15) is 5.75 Å². The molecule has 1 fully saturated rings. The number of amides is 1. The number of carbonyl (C=O) groups is 1. The molecule has 1 aliphatic heterocycles. The van der Waals surface area contributed by atoms with Crippen molar-refractivity contribution in [2.75, 3.05) is 46.9 Å². The number of benzene rings is 1. The standard InChI is InChI=1S/C22H37N5O2/c1-22(2,3)20(28)24-11-12-25-21(23-4)26-16-19(27-13-6-7-14-27)17-9-8-10-18(15-17)29-5/h8-10,15,19H,6-7,11-14,16H2,1-5H3,(H,24,28)(H2,23,25,26). The third kappa shape index (κ3) is 7.24. The number of carbonyl (C=O) groups excluding carboxylic acids is 1. The Morgan fingerprint density at radius 3 is 2.48 bits per heavy atom. The number of nitrogens with zero attached hydrogens (tertiary/aromatic N) is 2. The van der Waals surface area contributed by atoms with Crippen LogP contribution in [0.25, 0.3) is 0 Å². The molecule has 0 aliphatic carbocycles. The van der Waals surface area contributed by atoms with Crippen LogP contribution >= 0.6 is 0 Å². The first kappa shape index (κ1) is 23.0. The highest BCUT2D eigenvalue weighted by Crippen LogP contribution is 2.27. The first-order chi connectivity index (χ1) is 13.8. The highest BCUT2D eigenvalue weighted by atomic mass is 16.5. The summed E-state index contributed by atoms with van der Waals surface area (Å²) < 4.78 is 5.41. The molecule has 1 aliphatic rings. The number of nitrogens with one attached hydrogen (secondary N) is 3. The van der Waals surface area contributed by atoms with Crippen molar-refractivity contribution in [1.29, 1.82) is 0 Å². The second-order valence-corrected chi connectivity index (χ2v) is 8.42. The summed E-state index contributed by atoms with van der Waals surface area (Å²) in [7, 11) is 3.46. The van der Waals surface area contributed by atoms with Crippen LogP contribution in [0.3, 0.4) is 0 Å². The van der Waals surface area contributed by atoms with Gasteiger partial charge in [-0.3, -0.25) is 14.7 Å². The van der Waals surface area contributed by atoms with E-state index in [4.69, 9.17) is 4.74 Å². The van der Waals surface area contributed by atoms with E-state index in [1.807, 2.05) is 32.9 Å². The second-order valence-electron chi connectivity index (χ2n) is 8.42. The van der Waals surface area contributed by atoms with E-state index in [2.05, 4.69) is 38.0 Å². The van der Waals surface area contributed by atoms with Crippen LogP contribution in [0.5, 0.6) is 5.75 Å². The summed E-state index contributed by atoms with van der Waals surface area (Å²) in [6.45, 7) is 9.87. The smallest absolute Gasteiger partial charge is 0.225 e. The van der Waals surface area contributed by atoms with E-state index < -0.39 is 0 Å². The van der Waals surface area contributed by atoms with Crippen LogP contribution in [-0.4, -0.2) is 63.6 Å². The monoisotopic (exact) mass is 403 g/mol. The lowest BCUT2D eigenvalue weighted by Gasteiger charge is -2.29. The average Bonchev–Trinajstić information content (AvgIpc) is 3.23. The molecule has 0 aromatic heterocycles. The zero-order chi connectivity index (χ0) is 21.3. The fourth-order valence-corrected chi connectivity index (χ4v) is 3.40. The minimum absolute atomic E-state index is 0.0503. The molecule has 1 atom stereocenters. The fraction of sp³-hybridized carbons (Fsp3) is 0.636. The molecule has 1 amide bonds. The summed E-state index contributed by atoms with van der Waals surface area (Å²) in [5, 5.41) is 9.67. The van der Waals surface area contributed by atoms with Crippen LogP contribution in [-0.2, 0) is 4.79 Å². The Morgan fingerprint density at radius 1 is 1.17 bits per heavy atom. The lowest BCUT2D eigenvalue weighted by Crippen LogP contribution is -2.45. The summed E-state index contributed by atoms with van der Waals surface area (Å²) in [5.41, 5.74) is 0.867. The Bertz CT molecular complexity index is 678. The van der Waals surface area contributed by atoms with Gasteiger partial charge in [-0.2, -0.15) is 0 Å². The predicted molar refractivity (Wildman–Crippen MR) is 118 cm³/mol. The zero-order valence-corrected chi connectivity index (χ0v) is 18.5. The lowest BCUT2D eigenvalue weighted by molar-refractivity contribution is -0.128. The average molecular weight is 404 g/mol. The lowest BCUT2D eigenvalue weighted by atomic mass is 9.96. The number of hydrogen-bond donors (Lipinski definition) is 3. The van der Waals surface area contributed by atoms with E-state index in [0.717, 1.165) is 31.3 Å². The Labute approximate surface area is 175 Å². The molecule has 1 aromatic carbocycles. The minimum Gasteiger partial charge on any atom is -0.497 e. The topological polar surface area (TPSA) is 78.0 Å². The van der Waals surface area contributed by atoms with E-state index in [1.165, 1.54) is 18.4 Å². The number of aliphatic imine (C=N–C) groups is 1. The number of methoxy groups -OCH3 is 1. The van der Waals surface area contributed by atoms with Gasteiger partial charge in [0.2, 0.25) is 5.91 Å². The summed E-state index contributed by atoms with van der Waals surface area (Å²) in [4.78, 5) is 18.8. The molecule has 1 heterocycles. The molecule has 162 valence electrons. The predicted octanol–water partition coefficient (Wildman–Crippen LogP) is 2.16. The maximum atomic E-state index is 11.9. The van der Waals surface area contributed by atoms with Crippen molar-refractivity contribution in [2.45, 2.75) is 39.7 Å². The molecule has 0 radical (unpaired) electrons. The third-order valence-electron chi connectivity index (χ3n) is 5.13. The van der Waals surface area contributed by atoms with Crippen molar-refractivity contribution < 1.29 is 9.53 Å². The molecule has 0 bridgehead atoms. The maximum Gasteiger partial charge on any atom is 0.225 e. The van der Waals surface area contributed by atoms with Gasteiger partial charge < -0.3 is 20.7 Å². The van der Waals surface area contributed by atoms with Gasteiger partial charge in [-0.1, -0.05) is 32.9 Å². The molecule has 1 saturated heterocycles. The Kier molecular flexibility index (Phi) is 8.76. The maximum absolute atomic E-state index is 11.9. The highest BCUT2D eigenvalue weighted by molar-refractivity contribution is 5.81. The van der Waals surface area contributed by atoms with Crippen LogP contribution in [0.4, 0.5) is 0 Å². The summed E-state index contributed by atoms with van der Waals surface area (Å²) >= 11 is 0. The first-order valence-electron chi connectivity index (χ1n) is 10.5. The highest BCUT2D eigenvalue weighted by Gasteiger charge is 2.24. The van der Waals surface area contributed by atoms with Crippen LogP contribution in [0.1, 0.15) is 45.2 Å². The van der Waals surface area contributed by atoms with Crippen molar-refractivity contribution in [1.82, 2.24) is 20.9 Å². The van der Waals surface area contributed by atoms with Crippen molar-refractivity contribution in [2.24, 2.45) is 10.4 Å². The Hall–Kier alpha value is -2.28. The zero-order valence-electron chi connectivity index (χ0n) is 18.5. The quantitative estimate of drug-likeness (QED) is 0.352. The molecule has 0 spiro atoms. The molecule has 7 heteroatoms. The summed E-state index contributed by atoms with van der Waals surface area (Å²) in [6, 6.07) is 8.55. The molecule has 7 nitrogen and oxygen atoms in total. The number of rotatable bonds is 8. The summed E-state index contributed by atoms with van der Waals surface area (Å²) in [6.07, 6.45) is 2.47. The van der Waals surface area contributed by atoms with Gasteiger partial charge in [-0.05, 0) is 43.6 Å². The van der Waals surface area contributed by atoms with E-state index in [1.54, 1.807) is 14.2 Å². The SMILES string of the molecule is CN=C(NCCNC(=O)C(C)(C)C)NCC(c1cccc(OC)c1)N1CCCC1. The number of ether oxygens (including phenoxy) is 1. The second kappa shape index (κ2) is 11.0. The molecule has 2 rings (SSSR count). The number of hydrogen-bond acceptors (Lipinski definition) is 4. The molecular formula is C22H37N5O2. The van der Waals surface area contributed by atoms with E-state index in [-0.39, 0.29) is 17.4 Å². The van der Waals surface area contributed by atoms with Crippen LogP contribution in [0, 0.1) is 5.41 Å². The van der Waals surface area contributed by atoms with Crippen LogP contribution in [0.2, 0.25) is 0 Å². The van der Waals surface area contributed by atoms with Gasteiger partial charge >= 0.3 is 0 Å². The minimum atomic E-state index is -0.375. The van der Waals surface area contributed by atoms with Crippen molar-refractivity contribution in [3.05, 3.63) is 29.8 Å². The van der Waals surface area contributed by atoms with Gasteiger partial charge in [0.25, 0.3) is 0 Å². The van der Waals surface area contributed by atoms with Crippen molar-refractivity contribution >= 4 is 11.9 Å². The van der Waals surface area contributed by atoms with Crippen molar-refractivity contribution in [3.63, 3.8) is 0 Å². The van der Waals surface area contributed by atoms with Gasteiger partial charge in [-0.15, -0.1) is 0 Å².